The number of carboxylic acids is 1. The molecule has 1 atom stereocenters. The first-order chi connectivity index (χ1) is 18.2. The van der Waals surface area contributed by atoms with Crippen LogP contribution in [-0.4, -0.2) is 48.3 Å². The molecule has 0 aromatic heterocycles. The molecule has 3 aromatic carbocycles. The second kappa shape index (κ2) is 9.34. The third-order valence-corrected chi connectivity index (χ3v) is 7.93. The van der Waals surface area contributed by atoms with Gasteiger partial charge >= 0.3 is 17.7 Å². The van der Waals surface area contributed by atoms with Crippen molar-refractivity contribution < 1.29 is 42.1 Å². The molecule has 0 radical (unpaired) electrons. The lowest BCUT2D eigenvalue weighted by Crippen LogP contribution is -2.46. The van der Waals surface area contributed by atoms with Crippen LogP contribution in [0.25, 0.3) is 0 Å². The van der Waals surface area contributed by atoms with E-state index < -0.39 is 51.0 Å². The van der Waals surface area contributed by atoms with Gasteiger partial charge in [-0.05, 0) is 6.07 Å². The number of nitrogens with zero attached hydrogens (tertiary/aromatic N) is 1. The molecule has 0 fully saturated rings. The molecule has 11 heteroatoms. The third kappa shape index (κ3) is 3.97. The summed E-state index contributed by atoms with van der Waals surface area (Å²) in [5.74, 6) is -5.06. The van der Waals surface area contributed by atoms with Gasteiger partial charge < -0.3 is 19.3 Å². The molecule has 0 unspecified atom stereocenters. The number of fused-ring (bicyclic) bond motifs is 2. The van der Waals surface area contributed by atoms with Crippen molar-refractivity contribution in [2.45, 2.75) is 23.1 Å². The molecule has 0 spiro atoms. The van der Waals surface area contributed by atoms with Crippen LogP contribution in [0.5, 0.6) is 11.5 Å². The molecule has 10 nitrogen and oxygen atoms in total. The maximum Gasteiger partial charge on any atom is 0.331 e. The van der Waals surface area contributed by atoms with Crippen LogP contribution < -0.4 is 9.47 Å². The number of benzene rings is 3. The lowest BCUT2D eigenvalue weighted by molar-refractivity contribution is -0.151. The maximum atomic E-state index is 13.5. The Morgan fingerprint density at radius 2 is 1.55 bits per heavy atom. The first-order valence-corrected chi connectivity index (χ1v) is 12.9. The Morgan fingerprint density at radius 1 is 1.00 bits per heavy atom. The lowest BCUT2D eigenvalue weighted by atomic mass is 9.97. The summed E-state index contributed by atoms with van der Waals surface area (Å²) in [6, 6.07) is 18.5. The van der Waals surface area contributed by atoms with E-state index in [2.05, 4.69) is 6.58 Å². The van der Waals surface area contributed by atoms with Gasteiger partial charge in [-0.15, -0.1) is 0 Å². The summed E-state index contributed by atoms with van der Waals surface area (Å²) in [6.45, 7) is 3.11. The van der Waals surface area contributed by atoms with Gasteiger partial charge in [-0.2, -0.15) is 0 Å². The first-order valence-electron chi connectivity index (χ1n) is 11.4. The van der Waals surface area contributed by atoms with Crippen LogP contribution >= 0.6 is 0 Å². The number of sulfonamides is 1. The Kier molecular flexibility index (Phi) is 6.15. The van der Waals surface area contributed by atoms with Crippen molar-refractivity contribution in [2.24, 2.45) is 0 Å². The number of esters is 1. The molecule has 0 saturated heterocycles. The number of ether oxygens (including phenoxy) is 3. The molecule has 0 bridgehead atoms. The molecule has 2 aliphatic rings. The van der Waals surface area contributed by atoms with Gasteiger partial charge in [0.05, 0.1) is 12.0 Å². The fraction of sp³-hybridized carbons (Fsp3) is 0.148. The fourth-order valence-electron chi connectivity index (χ4n) is 4.44. The summed E-state index contributed by atoms with van der Waals surface area (Å²) in [5, 5.41) is 9.30. The summed E-state index contributed by atoms with van der Waals surface area (Å²) in [4.78, 5) is 36.9. The molecule has 38 heavy (non-hydrogen) atoms. The van der Waals surface area contributed by atoms with E-state index in [0.29, 0.717) is 11.1 Å². The third-order valence-electron chi connectivity index (χ3n) is 6.09. The topological polar surface area (TPSA) is 137 Å². The molecule has 2 heterocycles. The lowest BCUT2D eigenvalue weighted by Gasteiger charge is -2.28. The Balaban J connectivity index is 1.58. The minimum absolute atomic E-state index is 0.0544. The molecular formula is C27H21NO9S. The summed E-state index contributed by atoms with van der Waals surface area (Å²) < 4.78 is 44.7. The minimum Gasteiger partial charge on any atom is -0.481 e. The molecular weight excluding hydrogens is 514 g/mol. The molecule has 0 saturated carbocycles. The Bertz CT molecular complexity index is 1510. The number of carbonyl (C=O) groups excluding carboxylic acids is 2. The number of aliphatic carboxylic acids is 1. The average Bonchev–Trinajstić information content (AvgIpc) is 3.39. The molecule has 1 amide bonds. The highest BCUT2D eigenvalue weighted by molar-refractivity contribution is 7.90. The van der Waals surface area contributed by atoms with E-state index in [1.807, 2.05) is 12.1 Å². The normalized spacial score (nSPS) is 16.9. The largest absolute Gasteiger partial charge is 0.481 e. The van der Waals surface area contributed by atoms with Gasteiger partial charge in [-0.25, -0.2) is 17.5 Å². The van der Waals surface area contributed by atoms with Gasteiger partial charge in [0.25, 0.3) is 15.9 Å². The smallest absolute Gasteiger partial charge is 0.331 e. The zero-order valence-corrected chi connectivity index (χ0v) is 20.6. The standard InChI is InChI=1S/C27H21NO9S/c1-2-13-35-26(32)20(15-24(29)30)28-25(31)19-14-21-22(16-23(19)38(28,33)34)37-27(36-21,17-9-5-3-6-10-17)18-11-7-4-8-12-18/h2-12,14,16,20H,1,13,15H2,(H,29,30)/t20-/m0/s1. The van der Waals surface area contributed by atoms with Gasteiger partial charge in [0.1, 0.15) is 11.5 Å². The molecule has 3 aromatic rings. The van der Waals surface area contributed by atoms with E-state index in [1.54, 1.807) is 48.5 Å². The van der Waals surface area contributed by atoms with Gasteiger partial charge in [-0.1, -0.05) is 73.3 Å². The molecule has 5 rings (SSSR count). The van der Waals surface area contributed by atoms with Crippen LogP contribution in [0.4, 0.5) is 0 Å². The van der Waals surface area contributed by atoms with Crippen LogP contribution in [0.2, 0.25) is 0 Å². The van der Waals surface area contributed by atoms with Crippen molar-refractivity contribution in [3.05, 3.63) is 102 Å². The second-order valence-corrected chi connectivity index (χ2v) is 10.3. The highest BCUT2D eigenvalue weighted by Crippen LogP contribution is 2.50. The van der Waals surface area contributed by atoms with E-state index >= 15 is 0 Å². The predicted molar refractivity (Wildman–Crippen MR) is 132 cm³/mol. The van der Waals surface area contributed by atoms with Crippen molar-refractivity contribution >= 4 is 27.9 Å². The van der Waals surface area contributed by atoms with Crippen LogP contribution in [-0.2, 0) is 30.1 Å². The number of rotatable bonds is 8. The van der Waals surface area contributed by atoms with E-state index in [0.717, 1.165) is 6.07 Å². The van der Waals surface area contributed by atoms with E-state index in [9.17, 15) is 27.9 Å². The molecule has 0 aliphatic carbocycles. The second-order valence-electron chi connectivity index (χ2n) is 8.49. The van der Waals surface area contributed by atoms with Crippen molar-refractivity contribution in [1.82, 2.24) is 4.31 Å². The van der Waals surface area contributed by atoms with Crippen LogP contribution in [0.3, 0.4) is 0 Å². The Labute approximate surface area is 217 Å². The SMILES string of the molecule is C=CCOC(=O)[C@H](CC(=O)O)N1C(=O)c2cc3c(cc2S1(=O)=O)OC(c1ccccc1)(c1ccccc1)O3. The number of carboxylic acid groups (broad SMARTS) is 1. The van der Waals surface area contributed by atoms with Gasteiger partial charge in [0.2, 0.25) is 0 Å². The predicted octanol–water partition coefficient (Wildman–Crippen LogP) is 3.08. The van der Waals surface area contributed by atoms with E-state index in [-0.39, 0.29) is 28.0 Å². The summed E-state index contributed by atoms with van der Waals surface area (Å²) in [7, 11) is -4.64. The number of hydrogen-bond acceptors (Lipinski definition) is 8. The first kappa shape index (κ1) is 25.0. The monoisotopic (exact) mass is 535 g/mol. The van der Waals surface area contributed by atoms with Gasteiger partial charge in [0, 0.05) is 17.2 Å². The average molecular weight is 536 g/mol. The van der Waals surface area contributed by atoms with E-state index in [4.69, 9.17) is 14.2 Å². The van der Waals surface area contributed by atoms with Crippen LogP contribution in [0.15, 0.2) is 90.3 Å². The van der Waals surface area contributed by atoms with Gasteiger partial charge in [0.15, 0.2) is 17.5 Å². The molecule has 1 N–H and O–H groups in total. The summed E-state index contributed by atoms with van der Waals surface area (Å²) >= 11 is 0. The Morgan fingerprint density at radius 3 is 2.08 bits per heavy atom. The summed E-state index contributed by atoms with van der Waals surface area (Å²) in [6.07, 6.45) is 0.252. The fourth-order valence-corrected chi connectivity index (χ4v) is 6.14. The number of hydrogen-bond donors (Lipinski definition) is 1. The van der Waals surface area contributed by atoms with Crippen LogP contribution in [0.1, 0.15) is 27.9 Å². The van der Waals surface area contributed by atoms with Crippen molar-refractivity contribution in [3.63, 3.8) is 0 Å². The Hall–Kier alpha value is -4.64. The van der Waals surface area contributed by atoms with Crippen molar-refractivity contribution in [2.75, 3.05) is 6.61 Å². The highest BCUT2D eigenvalue weighted by atomic mass is 32.2. The zero-order chi connectivity index (χ0) is 27.1. The zero-order valence-electron chi connectivity index (χ0n) is 19.8. The van der Waals surface area contributed by atoms with Crippen molar-refractivity contribution in [3.8, 4) is 11.5 Å². The molecule has 2 aliphatic heterocycles. The summed E-state index contributed by atoms with van der Waals surface area (Å²) in [5.41, 5.74) is 0.978. The quantitative estimate of drug-likeness (QED) is 0.341. The maximum absolute atomic E-state index is 13.5. The molecule has 194 valence electrons. The van der Waals surface area contributed by atoms with Gasteiger partial charge in [-0.3, -0.25) is 9.59 Å². The van der Waals surface area contributed by atoms with Crippen LogP contribution in [0, 0.1) is 0 Å². The highest BCUT2D eigenvalue weighted by Gasteiger charge is 2.52. The number of carbonyl (C=O) groups is 3. The van der Waals surface area contributed by atoms with E-state index in [1.165, 1.54) is 12.1 Å². The minimum atomic E-state index is -4.64. The van der Waals surface area contributed by atoms with Crippen molar-refractivity contribution in [1.29, 1.82) is 0 Å². The number of amides is 1.